The maximum atomic E-state index is 12.3. The summed E-state index contributed by atoms with van der Waals surface area (Å²) in [5.41, 5.74) is 1.69. The Morgan fingerprint density at radius 2 is 1.96 bits per heavy atom. The fourth-order valence-electron chi connectivity index (χ4n) is 3.24. The van der Waals surface area contributed by atoms with Crippen molar-refractivity contribution in [3.8, 4) is 0 Å². The summed E-state index contributed by atoms with van der Waals surface area (Å²) in [4.78, 5) is 23.1. The van der Waals surface area contributed by atoms with Crippen molar-refractivity contribution in [1.29, 1.82) is 0 Å². The van der Waals surface area contributed by atoms with Gasteiger partial charge in [0.1, 0.15) is 18.0 Å². The number of rotatable bonds is 14. The SMILES string of the molecule is C=C(CC(=O)[C@H](C)CCC[C@]1(CO)O[C@@H]1CC/C(C)=C/COC(C)=O)C(C)C. The zero-order chi connectivity index (χ0) is 21.3. The number of epoxide rings is 1. The van der Waals surface area contributed by atoms with E-state index in [1.54, 1.807) is 0 Å². The molecule has 1 aliphatic heterocycles. The third kappa shape index (κ3) is 8.27. The first-order valence-electron chi connectivity index (χ1n) is 10.4. The van der Waals surface area contributed by atoms with Gasteiger partial charge in [-0.3, -0.25) is 9.59 Å². The van der Waals surface area contributed by atoms with E-state index in [0.717, 1.165) is 43.3 Å². The highest BCUT2D eigenvalue weighted by Crippen LogP contribution is 2.44. The minimum absolute atomic E-state index is 0.00916. The Balaban J connectivity index is 2.32. The molecule has 1 aliphatic rings. The van der Waals surface area contributed by atoms with Crippen LogP contribution in [0.15, 0.2) is 23.8 Å². The zero-order valence-electron chi connectivity index (χ0n) is 18.3. The molecule has 0 bridgehead atoms. The van der Waals surface area contributed by atoms with Crippen molar-refractivity contribution >= 4 is 11.8 Å². The maximum absolute atomic E-state index is 12.3. The first-order valence-corrected chi connectivity index (χ1v) is 10.4. The van der Waals surface area contributed by atoms with Crippen LogP contribution in [-0.4, -0.2) is 41.8 Å². The number of aliphatic hydroxyl groups excluding tert-OH is 1. The van der Waals surface area contributed by atoms with Crippen molar-refractivity contribution < 1.29 is 24.2 Å². The van der Waals surface area contributed by atoms with Gasteiger partial charge in [-0.1, -0.05) is 38.5 Å². The molecule has 0 aliphatic carbocycles. The van der Waals surface area contributed by atoms with E-state index in [0.29, 0.717) is 18.9 Å². The summed E-state index contributed by atoms with van der Waals surface area (Å²) in [5, 5.41) is 9.77. The van der Waals surface area contributed by atoms with E-state index in [-0.39, 0.29) is 30.4 Å². The van der Waals surface area contributed by atoms with Crippen molar-refractivity contribution in [2.24, 2.45) is 11.8 Å². The van der Waals surface area contributed by atoms with Crippen LogP contribution in [0, 0.1) is 11.8 Å². The highest BCUT2D eigenvalue weighted by molar-refractivity contribution is 5.82. The molecule has 0 unspecified atom stereocenters. The van der Waals surface area contributed by atoms with Crippen molar-refractivity contribution in [3.05, 3.63) is 23.8 Å². The van der Waals surface area contributed by atoms with Gasteiger partial charge in [0.2, 0.25) is 0 Å². The van der Waals surface area contributed by atoms with Gasteiger partial charge in [-0.05, 0) is 51.0 Å². The molecule has 1 saturated heterocycles. The largest absolute Gasteiger partial charge is 0.462 e. The smallest absolute Gasteiger partial charge is 0.302 e. The monoisotopic (exact) mass is 394 g/mol. The zero-order valence-corrected chi connectivity index (χ0v) is 18.3. The van der Waals surface area contributed by atoms with E-state index in [4.69, 9.17) is 9.47 Å². The number of allylic oxidation sites excluding steroid dienone is 2. The van der Waals surface area contributed by atoms with E-state index in [9.17, 15) is 14.7 Å². The van der Waals surface area contributed by atoms with Crippen molar-refractivity contribution in [2.75, 3.05) is 13.2 Å². The van der Waals surface area contributed by atoms with Gasteiger partial charge in [-0.25, -0.2) is 0 Å². The summed E-state index contributed by atoms with van der Waals surface area (Å²) in [7, 11) is 0. The number of ether oxygens (including phenoxy) is 2. The van der Waals surface area contributed by atoms with Gasteiger partial charge in [-0.2, -0.15) is 0 Å². The summed E-state index contributed by atoms with van der Waals surface area (Å²) >= 11 is 0. The number of ketones is 1. The van der Waals surface area contributed by atoms with Gasteiger partial charge in [-0.15, -0.1) is 0 Å². The van der Waals surface area contributed by atoms with Crippen LogP contribution in [-0.2, 0) is 19.1 Å². The second-order valence-corrected chi connectivity index (χ2v) is 8.47. The standard InChI is InChI=1S/C23H38O5/c1-16(2)19(5)14-21(26)18(4)8-7-12-23(15-24)22(28-23)10-9-17(3)11-13-27-20(6)25/h11,16,18,22,24H,5,7-10,12-15H2,1-4,6H3/b17-11+/t18-,22-,23-/m1/s1. The third-order valence-corrected chi connectivity index (χ3v) is 5.70. The van der Waals surface area contributed by atoms with Crippen LogP contribution < -0.4 is 0 Å². The molecular formula is C23H38O5. The number of hydrogen-bond donors (Lipinski definition) is 1. The van der Waals surface area contributed by atoms with Crippen LogP contribution in [0.1, 0.15) is 73.1 Å². The molecule has 0 radical (unpaired) electrons. The first kappa shape index (κ1) is 24.6. The molecule has 28 heavy (non-hydrogen) atoms. The number of esters is 1. The Morgan fingerprint density at radius 3 is 2.54 bits per heavy atom. The summed E-state index contributed by atoms with van der Waals surface area (Å²) in [6.45, 7) is 13.8. The molecule has 1 rings (SSSR count). The molecule has 1 N–H and O–H groups in total. The minimum Gasteiger partial charge on any atom is -0.462 e. The Kier molecular flexibility index (Phi) is 10.1. The molecule has 0 amide bonds. The second-order valence-electron chi connectivity index (χ2n) is 8.47. The summed E-state index contributed by atoms with van der Waals surface area (Å²) in [5.74, 6) is 0.310. The number of Topliss-reactive ketones (excluding diaryl/α,β-unsaturated/α-hetero) is 1. The summed E-state index contributed by atoms with van der Waals surface area (Å²) in [6, 6.07) is 0. The maximum Gasteiger partial charge on any atom is 0.302 e. The quantitative estimate of drug-likeness (QED) is 0.269. The number of aliphatic hydroxyl groups is 1. The Morgan fingerprint density at radius 1 is 1.29 bits per heavy atom. The highest BCUT2D eigenvalue weighted by Gasteiger charge is 2.54. The van der Waals surface area contributed by atoms with Crippen LogP contribution >= 0.6 is 0 Å². The van der Waals surface area contributed by atoms with Crippen LogP contribution in [0.25, 0.3) is 0 Å². The van der Waals surface area contributed by atoms with E-state index in [1.165, 1.54) is 6.92 Å². The fourth-order valence-corrected chi connectivity index (χ4v) is 3.24. The van der Waals surface area contributed by atoms with Gasteiger partial charge >= 0.3 is 5.97 Å². The van der Waals surface area contributed by atoms with Crippen LogP contribution in [0.5, 0.6) is 0 Å². The lowest BCUT2D eigenvalue weighted by Crippen LogP contribution is -2.21. The van der Waals surface area contributed by atoms with E-state index in [2.05, 4.69) is 20.4 Å². The summed E-state index contributed by atoms with van der Waals surface area (Å²) < 4.78 is 10.7. The lowest BCUT2D eigenvalue weighted by molar-refractivity contribution is -0.139. The van der Waals surface area contributed by atoms with E-state index >= 15 is 0 Å². The van der Waals surface area contributed by atoms with Gasteiger partial charge in [0, 0.05) is 19.3 Å². The second kappa shape index (κ2) is 11.5. The minimum atomic E-state index is -0.444. The van der Waals surface area contributed by atoms with Gasteiger partial charge in [0.05, 0.1) is 12.7 Å². The molecule has 1 fully saturated rings. The fraction of sp³-hybridized carbons (Fsp3) is 0.739. The van der Waals surface area contributed by atoms with Crippen LogP contribution in [0.4, 0.5) is 0 Å². The molecule has 0 saturated carbocycles. The summed E-state index contributed by atoms with van der Waals surface area (Å²) in [6.07, 6.45) is 6.55. The topological polar surface area (TPSA) is 76.1 Å². The average Bonchev–Trinajstić information content (AvgIpc) is 3.32. The highest BCUT2D eigenvalue weighted by atomic mass is 16.6. The molecule has 5 heteroatoms. The molecule has 160 valence electrons. The molecule has 0 aromatic carbocycles. The molecule has 0 aromatic heterocycles. The van der Waals surface area contributed by atoms with E-state index in [1.807, 2.05) is 19.9 Å². The Hall–Kier alpha value is -1.46. The predicted molar refractivity (Wildman–Crippen MR) is 111 cm³/mol. The van der Waals surface area contributed by atoms with Gasteiger partial charge in [0.25, 0.3) is 0 Å². The molecule has 0 spiro atoms. The number of carbonyl (C=O) groups excluding carboxylic acids is 2. The first-order chi connectivity index (χ1) is 13.1. The number of carbonyl (C=O) groups is 2. The molecule has 5 nitrogen and oxygen atoms in total. The van der Waals surface area contributed by atoms with Crippen LogP contribution in [0.2, 0.25) is 0 Å². The molecule has 3 atom stereocenters. The van der Waals surface area contributed by atoms with Crippen molar-refractivity contribution in [3.63, 3.8) is 0 Å². The van der Waals surface area contributed by atoms with Gasteiger partial charge in [0.15, 0.2) is 0 Å². The van der Waals surface area contributed by atoms with E-state index < -0.39 is 5.60 Å². The number of hydrogen-bond acceptors (Lipinski definition) is 5. The normalized spacial score (nSPS) is 22.8. The van der Waals surface area contributed by atoms with Crippen LogP contribution in [0.3, 0.4) is 0 Å². The third-order valence-electron chi connectivity index (χ3n) is 5.70. The molecule has 1 heterocycles. The molecular weight excluding hydrogens is 356 g/mol. The predicted octanol–water partition coefficient (Wildman–Crippen LogP) is 4.38. The molecule has 0 aromatic rings. The lowest BCUT2D eigenvalue weighted by atomic mass is 9.89. The van der Waals surface area contributed by atoms with Gasteiger partial charge < -0.3 is 14.6 Å². The lowest BCUT2D eigenvalue weighted by Gasteiger charge is -2.15. The van der Waals surface area contributed by atoms with Crippen molar-refractivity contribution in [2.45, 2.75) is 84.8 Å². The Labute approximate surface area is 170 Å². The average molecular weight is 395 g/mol. The van der Waals surface area contributed by atoms with Crippen molar-refractivity contribution in [1.82, 2.24) is 0 Å². The Bertz CT molecular complexity index is 578.